The second-order valence-corrected chi connectivity index (χ2v) is 4.27. The zero-order valence-electron chi connectivity index (χ0n) is 8.72. The van der Waals surface area contributed by atoms with Gasteiger partial charge >= 0.3 is 0 Å². The Bertz CT molecular complexity index is 432. The number of para-hydroxylation sites is 1. The third kappa shape index (κ3) is 1.42. The van der Waals surface area contributed by atoms with Gasteiger partial charge in [0.1, 0.15) is 0 Å². The van der Waals surface area contributed by atoms with E-state index in [1.807, 2.05) is 24.3 Å². The van der Waals surface area contributed by atoms with E-state index in [0.29, 0.717) is 12.8 Å². The van der Waals surface area contributed by atoms with Crippen LogP contribution in [0.25, 0.3) is 0 Å². The van der Waals surface area contributed by atoms with Crippen molar-refractivity contribution in [1.29, 1.82) is 0 Å². The minimum Gasteiger partial charge on any atom is -0.368 e. The summed E-state index contributed by atoms with van der Waals surface area (Å²) < 4.78 is 5.48. The number of aliphatic hydroxyl groups is 1. The molecular weight excluding hydrogens is 206 g/mol. The molecule has 0 bridgehead atoms. The molecule has 1 aromatic rings. The van der Waals surface area contributed by atoms with Crippen LogP contribution in [0.1, 0.15) is 24.5 Å². The lowest BCUT2D eigenvalue weighted by Crippen LogP contribution is -2.40. The molecule has 16 heavy (non-hydrogen) atoms. The highest BCUT2D eigenvalue weighted by molar-refractivity contribution is 5.96. The van der Waals surface area contributed by atoms with Gasteiger partial charge in [-0.2, -0.15) is 0 Å². The van der Waals surface area contributed by atoms with Crippen LogP contribution < -0.4 is 5.32 Å². The van der Waals surface area contributed by atoms with E-state index in [0.717, 1.165) is 11.3 Å². The number of benzene rings is 1. The van der Waals surface area contributed by atoms with Gasteiger partial charge in [0.15, 0.2) is 6.29 Å². The quantitative estimate of drug-likeness (QED) is 0.694. The van der Waals surface area contributed by atoms with Crippen molar-refractivity contribution in [3.8, 4) is 0 Å². The number of carbonyl (C=O) groups excluding carboxylic acids is 1. The molecule has 3 rings (SSSR count). The molecule has 1 amide bonds. The molecule has 0 aromatic heterocycles. The maximum Gasteiger partial charge on any atom is 0.230 e. The number of carbonyl (C=O) groups is 1. The number of hydrogen-bond donors (Lipinski definition) is 2. The number of fused-ring (bicyclic) bond motifs is 3. The van der Waals surface area contributed by atoms with Crippen LogP contribution in [-0.2, 0) is 9.53 Å². The molecule has 0 spiro atoms. The van der Waals surface area contributed by atoms with E-state index in [1.165, 1.54) is 0 Å². The Hall–Kier alpha value is -1.39. The van der Waals surface area contributed by atoms with Gasteiger partial charge in [-0.3, -0.25) is 4.79 Å². The third-order valence-corrected chi connectivity index (χ3v) is 3.26. The largest absolute Gasteiger partial charge is 0.368 e. The second-order valence-electron chi connectivity index (χ2n) is 4.27. The lowest BCUT2D eigenvalue weighted by atomic mass is 9.85. The molecule has 0 aliphatic carbocycles. The molecule has 3 unspecified atom stereocenters. The standard InChI is InChI=1S/C12H13NO3/c14-10-6-5-8-11(16-10)7-3-1-2-4-9(7)13-12(8)15/h1-4,8,10-11,14H,5-6H2,(H,13,15). The Morgan fingerprint density at radius 1 is 1.31 bits per heavy atom. The van der Waals surface area contributed by atoms with Crippen molar-refractivity contribution in [2.24, 2.45) is 5.92 Å². The van der Waals surface area contributed by atoms with Crippen molar-refractivity contribution >= 4 is 11.6 Å². The van der Waals surface area contributed by atoms with Gasteiger partial charge < -0.3 is 15.2 Å². The van der Waals surface area contributed by atoms with Gasteiger partial charge in [-0.1, -0.05) is 18.2 Å². The van der Waals surface area contributed by atoms with Crippen LogP contribution in [0.5, 0.6) is 0 Å². The Balaban J connectivity index is 2.03. The smallest absolute Gasteiger partial charge is 0.230 e. The number of aliphatic hydroxyl groups excluding tert-OH is 1. The van der Waals surface area contributed by atoms with Gasteiger partial charge in [0, 0.05) is 11.3 Å². The van der Waals surface area contributed by atoms with Crippen LogP contribution in [0, 0.1) is 5.92 Å². The van der Waals surface area contributed by atoms with E-state index >= 15 is 0 Å². The monoisotopic (exact) mass is 219 g/mol. The summed E-state index contributed by atoms with van der Waals surface area (Å²) in [4.78, 5) is 11.8. The average molecular weight is 219 g/mol. The Labute approximate surface area is 93.2 Å². The zero-order chi connectivity index (χ0) is 11.1. The van der Waals surface area contributed by atoms with Crippen molar-refractivity contribution in [1.82, 2.24) is 0 Å². The zero-order valence-corrected chi connectivity index (χ0v) is 8.72. The predicted molar refractivity (Wildman–Crippen MR) is 57.6 cm³/mol. The van der Waals surface area contributed by atoms with E-state index in [9.17, 15) is 9.90 Å². The summed E-state index contributed by atoms with van der Waals surface area (Å²) in [6, 6.07) is 7.58. The number of ether oxygens (including phenoxy) is 1. The highest BCUT2D eigenvalue weighted by Gasteiger charge is 2.40. The number of amides is 1. The van der Waals surface area contributed by atoms with Gasteiger partial charge in [0.25, 0.3) is 0 Å². The first-order chi connectivity index (χ1) is 7.75. The minimum atomic E-state index is -0.750. The SMILES string of the molecule is O=C1Nc2ccccc2C2OC(O)CCC12. The molecule has 1 saturated heterocycles. The summed E-state index contributed by atoms with van der Waals surface area (Å²) in [5, 5.41) is 12.4. The van der Waals surface area contributed by atoms with Crippen LogP contribution in [0.2, 0.25) is 0 Å². The molecule has 0 radical (unpaired) electrons. The molecule has 2 heterocycles. The Morgan fingerprint density at radius 2 is 2.12 bits per heavy atom. The lowest BCUT2D eigenvalue weighted by molar-refractivity contribution is -0.187. The van der Waals surface area contributed by atoms with Crippen molar-refractivity contribution in [2.45, 2.75) is 25.2 Å². The number of nitrogens with one attached hydrogen (secondary N) is 1. The number of hydrogen-bond acceptors (Lipinski definition) is 3. The molecule has 0 saturated carbocycles. The van der Waals surface area contributed by atoms with Crippen LogP contribution in [0.3, 0.4) is 0 Å². The topological polar surface area (TPSA) is 58.6 Å². The van der Waals surface area contributed by atoms with E-state index in [4.69, 9.17) is 4.74 Å². The molecule has 2 N–H and O–H groups in total. The van der Waals surface area contributed by atoms with Crippen molar-refractivity contribution < 1.29 is 14.6 Å². The molecule has 2 aliphatic heterocycles. The van der Waals surface area contributed by atoms with E-state index < -0.39 is 6.29 Å². The summed E-state index contributed by atoms with van der Waals surface area (Å²) in [7, 11) is 0. The highest BCUT2D eigenvalue weighted by atomic mass is 16.6. The first-order valence-electron chi connectivity index (χ1n) is 5.49. The van der Waals surface area contributed by atoms with Crippen LogP contribution in [0.15, 0.2) is 24.3 Å². The lowest BCUT2D eigenvalue weighted by Gasteiger charge is -2.38. The van der Waals surface area contributed by atoms with Gasteiger partial charge in [0.2, 0.25) is 5.91 Å². The Morgan fingerprint density at radius 3 is 3.00 bits per heavy atom. The van der Waals surface area contributed by atoms with Crippen molar-refractivity contribution in [3.63, 3.8) is 0 Å². The van der Waals surface area contributed by atoms with Gasteiger partial charge in [-0.15, -0.1) is 0 Å². The van der Waals surface area contributed by atoms with Gasteiger partial charge in [-0.05, 0) is 18.9 Å². The summed E-state index contributed by atoms with van der Waals surface area (Å²) in [6.07, 6.45) is 0.150. The summed E-state index contributed by atoms with van der Waals surface area (Å²) in [6.45, 7) is 0. The fourth-order valence-electron chi connectivity index (χ4n) is 2.45. The molecule has 1 aromatic carbocycles. The maximum absolute atomic E-state index is 11.8. The molecule has 3 atom stereocenters. The number of anilines is 1. The second kappa shape index (κ2) is 3.57. The molecule has 4 heteroatoms. The Kier molecular flexibility index (Phi) is 2.19. The van der Waals surface area contributed by atoms with Crippen molar-refractivity contribution in [2.75, 3.05) is 5.32 Å². The van der Waals surface area contributed by atoms with Gasteiger partial charge in [-0.25, -0.2) is 0 Å². The molecular formula is C12H13NO3. The normalized spacial score (nSPS) is 32.6. The van der Waals surface area contributed by atoms with Crippen LogP contribution >= 0.6 is 0 Å². The van der Waals surface area contributed by atoms with Crippen LogP contribution in [-0.4, -0.2) is 17.3 Å². The predicted octanol–water partition coefficient (Wildman–Crippen LogP) is 1.42. The minimum absolute atomic E-state index is 0.00407. The third-order valence-electron chi connectivity index (χ3n) is 3.26. The van der Waals surface area contributed by atoms with E-state index in [2.05, 4.69) is 5.32 Å². The highest BCUT2D eigenvalue weighted by Crippen LogP contribution is 2.42. The van der Waals surface area contributed by atoms with Gasteiger partial charge in [0.05, 0.1) is 12.0 Å². The molecule has 84 valence electrons. The summed E-state index contributed by atoms with van der Waals surface area (Å²) in [5.41, 5.74) is 1.76. The van der Waals surface area contributed by atoms with E-state index in [-0.39, 0.29) is 17.9 Å². The molecule has 1 fully saturated rings. The summed E-state index contributed by atoms with van der Waals surface area (Å²) >= 11 is 0. The fourth-order valence-corrected chi connectivity index (χ4v) is 2.45. The molecule has 4 nitrogen and oxygen atoms in total. The fraction of sp³-hybridized carbons (Fsp3) is 0.417. The first-order valence-corrected chi connectivity index (χ1v) is 5.49. The van der Waals surface area contributed by atoms with Crippen LogP contribution in [0.4, 0.5) is 5.69 Å². The van der Waals surface area contributed by atoms with Crippen molar-refractivity contribution in [3.05, 3.63) is 29.8 Å². The first kappa shape index (κ1) is 9.81. The number of rotatable bonds is 0. The van der Waals surface area contributed by atoms with E-state index in [1.54, 1.807) is 0 Å². The molecule has 2 aliphatic rings. The summed E-state index contributed by atoms with van der Waals surface area (Å²) in [5.74, 6) is -0.172. The average Bonchev–Trinajstić information content (AvgIpc) is 2.29. The maximum atomic E-state index is 11.8.